The van der Waals surface area contributed by atoms with Crippen LogP contribution < -0.4 is 4.74 Å². The molecule has 1 amide bonds. The van der Waals surface area contributed by atoms with E-state index in [-0.39, 0.29) is 11.7 Å². The number of aromatic nitrogens is 1. The Labute approximate surface area is 170 Å². The first-order chi connectivity index (χ1) is 14.1. The molecule has 4 nitrogen and oxygen atoms in total. The highest BCUT2D eigenvalue weighted by molar-refractivity contribution is 5.94. The van der Waals surface area contributed by atoms with E-state index in [0.717, 1.165) is 42.7 Å². The minimum atomic E-state index is -0.269. The van der Waals surface area contributed by atoms with Gasteiger partial charge in [-0.05, 0) is 59.9 Å². The zero-order chi connectivity index (χ0) is 20.2. The highest BCUT2D eigenvalue weighted by Gasteiger charge is 2.25. The summed E-state index contributed by atoms with van der Waals surface area (Å²) in [4.78, 5) is 18.2. The Morgan fingerprint density at radius 1 is 1.07 bits per heavy atom. The van der Waals surface area contributed by atoms with Crippen LogP contribution in [0.15, 0.2) is 60.8 Å². The lowest BCUT2D eigenvalue weighted by atomic mass is 9.94. The predicted octanol–water partition coefficient (Wildman–Crippen LogP) is 5.24. The second-order valence-corrected chi connectivity index (χ2v) is 7.53. The third kappa shape index (κ3) is 4.34. The molecule has 0 saturated carbocycles. The second kappa shape index (κ2) is 8.52. The van der Waals surface area contributed by atoms with Crippen LogP contribution in [-0.2, 0) is 0 Å². The SMILES string of the molecule is COc1ccc([C@H]2CCCCN(C(=O)c3cc(-c4ccc(F)cc4)c[nH]3)C2)cc1. The Balaban J connectivity index is 1.50. The summed E-state index contributed by atoms with van der Waals surface area (Å²) in [6, 6.07) is 16.3. The number of methoxy groups -OCH3 is 1. The number of carbonyl (C=O) groups excluding carboxylic acids is 1. The van der Waals surface area contributed by atoms with Crippen molar-refractivity contribution in [1.29, 1.82) is 0 Å². The lowest BCUT2D eigenvalue weighted by molar-refractivity contribution is 0.0749. The molecule has 1 aromatic heterocycles. The van der Waals surface area contributed by atoms with Crippen molar-refractivity contribution in [2.75, 3.05) is 20.2 Å². The van der Waals surface area contributed by atoms with Gasteiger partial charge in [0, 0.05) is 25.2 Å². The van der Waals surface area contributed by atoms with Gasteiger partial charge in [-0.25, -0.2) is 4.39 Å². The quantitative estimate of drug-likeness (QED) is 0.660. The van der Waals surface area contributed by atoms with Gasteiger partial charge in [-0.1, -0.05) is 30.7 Å². The van der Waals surface area contributed by atoms with Crippen molar-refractivity contribution in [3.63, 3.8) is 0 Å². The zero-order valence-electron chi connectivity index (χ0n) is 16.5. The number of hydrogen-bond acceptors (Lipinski definition) is 2. The fourth-order valence-corrected chi connectivity index (χ4v) is 3.97. The van der Waals surface area contributed by atoms with Gasteiger partial charge in [-0.2, -0.15) is 0 Å². The normalized spacial score (nSPS) is 17.0. The summed E-state index contributed by atoms with van der Waals surface area (Å²) in [5, 5.41) is 0. The van der Waals surface area contributed by atoms with Gasteiger partial charge in [-0.3, -0.25) is 4.79 Å². The van der Waals surface area contributed by atoms with E-state index in [4.69, 9.17) is 4.74 Å². The van der Waals surface area contributed by atoms with Crippen molar-refractivity contribution in [3.8, 4) is 16.9 Å². The van der Waals surface area contributed by atoms with Crippen LogP contribution in [0.5, 0.6) is 5.75 Å². The Morgan fingerprint density at radius 2 is 1.83 bits per heavy atom. The van der Waals surface area contributed by atoms with Crippen molar-refractivity contribution in [2.24, 2.45) is 0 Å². The van der Waals surface area contributed by atoms with Crippen molar-refractivity contribution >= 4 is 5.91 Å². The minimum absolute atomic E-state index is 0.0128. The van der Waals surface area contributed by atoms with Crippen LogP contribution in [0, 0.1) is 5.82 Å². The summed E-state index contributed by atoms with van der Waals surface area (Å²) in [5.74, 6) is 0.905. The van der Waals surface area contributed by atoms with E-state index in [2.05, 4.69) is 17.1 Å². The molecule has 1 fully saturated rings. The molecule has 0 spiro atoms. The van der Waals surface area contributed by atoms with Crippen molar-refractivity contribution in [3.05, 3.63) is 77.9 Å². The number of amides is 1. The molecule has 0 aliphatic carbocycles. The van der Waals surface area contributed by atoms with E-state index in [0.29, 0.717) is 18.2 Å². The van der Waals surface area contributed by atoms with Gasteiger partial charge < -0.3 is 14.6 Å². The number of hydrogen-bond donors (Lipinski definition) is 1. The first-order valence-corrected chi connectivity index (χ1v) is 10.0. The van der Waals surface area contributed by atoms with Crippen LogP contribution in [0.4, 0.5) is 4.39 Å². The number of aromatic amines is 1. The molecule has 1 N–H and O–H groups in total. The summed E-state index contributed by atoms with van der Waals surface area (Å²) < 4.78 is 18.4. The number of nitrogens with one attached hydrogen (secondary N) is 1. The third-order valence-electron chi connectivity index (χ3n) is 5.64. The number of carbonyl (C=O) groups is 1. The molecule has 2 aromatic carbocycles. The van der Waals surface area contributed by atoms with Crippen LogP contribution in [-0.4, -0.2) is 36.0 Å². The molecule has 3 aromatic rings. The molecule has 150 valence electrons. The topological polar surface area (TPSA) is 45.3 Å². The summed E-state index contributed by atoms with van der Waals surface area (Å²) >= 11 is 0. The molecule has 2 heterocycles. The zero-order valence-corrected chi connectivity index (χ0v) is 16.5. The number of nitrogens with zero attached hydrogens (tertiary/aromatic N) is 1. The van der Waals surface area contributed by atoms with E-state index in [1.54, 1.807) is 25.4 Å². The summed E-state index contributed by atoms with van der Waals surface area (Å²) in [5.41, 5.74) is 3.58. The molecular formula is C24H25FN2O2. The first-order valence-electron chi connectivity index (χ1n) is 10.0. The number of benzene rings is 2. The van der Waals surface area contributed by atoms with E-state index < -0.39 is 0 Å². The van der Waals surface area contributed by atoms with Gasteiger partial charge in [0.2, 0.25) is 0 Å². The van der Waals surface area contributed by atoms with Gasteiger partial charge in [0.25, 0.3) is 5.91 Å². The highest BCUT2D eigenvalue weighted by atomic mass is 19.1. The van der Waals surface area contributed by atoms with Crippen LogP contribution >= 0.6 is 0 Å². The summed E-state index contributed by atoms with van der Waals surface area (Å²) in [6.45, 7) is 1.46. The Hall–Kier alpha value is -3.08. The van der Waals surface area contributed by atoms with Gasteiger partial charge in [0.05, 0.1) is 7.11 Å². The molecule has 4 rings (SSSR count). The van der Waals surface area contributed by atoms with Gasteiger partial charge in [-0.15, -0.1) is 0 Å². The molecule has 1 aliphatic heterocycles. The molecular weight excluding hydrogens is 367 g/mol. The molecule has 0 radical (unpaired) electrons. The fraction of sp³-hybridized carbons (Fsp3) is 0.292. The molecule has 1 saturated heterocycles. The van der Waals surface area contributed by atoms with Crippen LogP contribution in [0.1, 0.15) is 41.2 Å². The lowest BCUT2D eigenvalue weighted by Crippen LogP contribution is -2.34. The predicted molar refractivity (Wildman–Crippen MR) is 112 cm³/mol. The molecule has 29 heavy (non-hydrogen) atoms. The maximum absolute atomic E-state index is 13.2. The minimum Gasteiger partial charge on any atom is -0.497 e. The van der Waals surface area contributed by atoms with Crippen LogP contribution in [0.25, 0.3) is 11.1 Å². The molecule has 1 atom stereocenters. The molecule has 0 unspecified atom stereocenters. The van der Waals surface area contributed by atoms with E-state index in [1.807, 2.05) is 23.1 Å². The van der Waals surface area contributed by atoms with Crippen LogP contribution in [0.3, 0.4) is 0 Å². The fourth-order valence-electron chi connectivity index (χ4n) is 3.97. The van der Waals surface area contributed by atoms with Crippen molar-refractivity contribution in [1.82, 2.24) is 9.88 Å². The molecule has 1 aliphatic rings. The van der Waals surface area contributed by atoms with E-state index >= 15 is 0 Å². The Kier molecular flexibility index (Phi) is 5.65. The highest BCUT2D eigenvalue weighted by Crippen LogP contribution is 2.29. The average Bonchev–Trinajstić information content (AvgIpc) is 3.12. The van der Waals surface area contributed by atoms with Crippen LogP contribution in [0.2, 0.25) is 0 Å². The first kappa shape index (κ1) is 19.2. The van der Waals surface area contributed by atoms with E-state index in [1.165, 1.54) is 17.7 Å². The molecule has 5 heteroatoms. The Morgan fingerprint density at radius 3 is 2.55 bits per heavy atom. The smallest absolute Gasteiger partial charge is 0.270 e. The lowest BCUT2D eigenvalue weighted by Gasteiger charge is -2.24. The summed E-state index contributed by atoms with van der Waals surface area (Å²) in [7, 11) is 1.66. The standard InChI is InChI=1S/C24H25FN2O2/c1-29-22-11-7-17(8-12-22)19-4-2-3-13-27(16-19)24(28)23-14-20(15-26-23)18-5-9-21(25)10-6-18/h5-12,14-15,19,26H,2-4,13,16H2,1H3/t19-/m0/s1. The largest absolute Gasteiger partial charge is 0.497 e. The second-order valence-electron chi connectivity index (χ2n) is 7.53. The third-order valence-corrected chi connectivity index (χ3v) is 5.64. The number of H-pyrrole nitrogens is 1. The maximum Gasteiger partial charge on any atom is 0.270 e. The number of likely N-dealkylation sites (tertiary alicyclic amines) is 1. The average molecular weight is 392 g/mol. The van der Waals surface area contributed by atoms with Gasteiger partial charge in [0.15, 0.2) is 0 Å². The van der Waals surface area contributed by atoms with Crippen molar-refractivity contribution < 1.29 is 13.9 Å². The monoisotopic (exact) mass is 392 g/mol. The molecule has 0 bridgehead atoms. The maximum atomic E-state index is 13.2. The van der Waals surface area contributed by atoms with Gasteiger partial charge >= 0.3 is 0 Å². The Bertz CT molecular complexity index is 963. The number of ether oxygens (including phenoxy) is 1. The summed E-state index contributed by atoms with van der Waals surface area (Å²) in [6.07, 6.45) is 4.98. The van der Waals surface area contributed by atoms with Crippen molar-refractivity contribution in [2.45, 2.75) is 25.2 Å². The van der Waals surface area contributed by atoms with Gasteiger partial charge in [0.1, 0.15) is 17.3 Å². The van der Waals surface area contributed by atoms with E-state index in [9.17, 15) is 9.18 Å². The number of rotatable bonds is 4. The number of halogens is 1.